The minimum absolute atomic E-state index is 0.322. The molecule has 1 aromatic rings. The predicted molar refractivity (Wildman–Crippen MR) is 62.9 cm³/mol. The summed E-state index contributed by atoms with van der Waals surface area (Å²) in [5.74, 6) is 0. The van der Waals surface area contributed by atoms with Crippen LogP contribution in [0.5, 0.6) is 0 Å². The van der Waals surface area contributed by atoms with Gasteiger partial charge in [-0.1, -0.05) is 6.92 Å². The zero-order valence-corrected chi connectivity index (χ0v) is 11.1. The Kier molecular flexibility index (Phi) is 4.09. The van der Waals surface area contributed by atoms with Crippen molar-refractivity contribution in [1.29, 1.82) is 0 Å². The first kappa shape index (κ1) is 13.2. The van der Waals surface area contributed by atoms with E-state index in [0.717, 1.165) is 6.42 Å². The summed E-state index contributed by atoms with van der Waals surface area (Å²) in [6.45, 7) is 8.51. The van der Waals surface area contributed by atoms with Gasteiger partial charge in [0, 0.05) is 13.1 Å². The highest BCUT2D eigenvalue weighted by molar-refractivity contribution is 7.89. The summed E-state index contributed by atoms with van der Waals surface area (Å²) in [5, 5.41) is 4.20. The van der Waals surface area contributed by atoms with Gasteiger partial charge in [-0.25, -0.2) is 13.1 Å². The van der Waals surface area contributed by atoms with Gasteiger partial charge in [0.15, 0.2) is 0 Å². The molecule has 0 saturated heterocycles. The second-order valence-corrected chi connectivity index (χ2v) is 5.42. The monoisotopic (exact) mass is 245 g/mol. The third-order valence-corrected chi connectivity index (χ3v) is 4.14. The second kappa shape index (κ2) is 4.97. The number of hydrogen-bond acceptors (Lipinski definition) is 3. The van der Waals surface area contributed by atoms with Gasteiger partial charge in [-0.3, -0.25) is 4.68 Å². The lowest BCUT2D eigenvalue weighted by Crippen LogP contribution is -2.25. The van der Waals surface area contributed by atoms with Crippen LogP contribution in [0.3, 0.4) is 0 Å². The largest absolute Gasteiger partial charge is 0.268 e. The fourth-order valence-electron chi connectivity index (χ4n) is 1.69. The van der Waals surface area contributed by atoms with Crippen molar-refractivity contribution in [3.63, 3.8) is 0 Å². The quantitative estimate of drug-likeness (QED) is 0.848. The average molecular weight is 245 g/mol. The molecule has 1 heterocycles. The lowest BCUT2D eigenvalue weighted by Gasteiger charge is -2.06. The minimum Gasteiger partial charge on any atom is -0.268 e. The highest BCUT2D eigenvalue weighted by atomic mass is 32.2. The molecule has 0 aliphatic carbocycles. The van der Waals surface area contributed by atoms with E-state index < -0.39 is 10.0 Å². The predicted octanol–water partition coefficient (Wildman–Crippen LogP) is 1.21. The lowest BCUT2D eigenvalue weighted by atomic mass is 10.4. The van der Waals surface area contributed by atoms with Crippen molar-refractivity contribution in [2.45, 2.75) is 45.6 Å². The Bertz CT molecular complexity index is 463. The van der Waals surface area contributed by atoms with Crippen molar-refractivity contribution in [3.05, 3.63) is 11.4 Å². The smallest absolute Gasteiger partial charge is 0.244 e. The number of nitrogens with one attached hydrogen (secondary N) is 1. The van der Waals surface area contributed by atoms with Crippen molar-refractivity contribution in [2.75, 3.05) is 6.54 Å². The Balaban J connectivity index is 3.17. The molecule has 92 valence electrons. The first-order chi connectivity index (χ1) is 7.44. The molecule has 0 amide bonds. The van der Waals surface area contributed by atoms with Crippen LogP contribution >= 0.6 is 0 Å². The highest BCUT2D eigenvalue weighted by Gasteiger charge is 2.23. The van der Waals surface area contributed by atoms with Crippen molar-refractivity contribution in [1.82, 2.24) is 14.5 Å². The number of aryl methyl sites for hydroxylation is 2. The summed E-state index contributed by atoms with van der Waals surface area (Å²) in [5.41, 5.74) is 1.26. The fourth-order valence-corrected chi connectivity index (χ4v) is 3.23. The van der Waals surface area contributed by atoms with Crippen molar-refractivity contribution < 1.29 is 8.42 Å². The van der Waals surface area contributed by atoms with Crippen LogP contribution in [0.2, 0.25) is 0 Å². The molecule has 5 nitrogen and oxygen atoms in total. The molecule has 0 spiro atoms. The maximum atomic E-state index is 12.0. The molecule has 0 saturated carbocycles. The molecule has 0 atom stereocenters. The molecule has 0 radical (unpaired) electrons. The molecule has 1 aromatic heterocycles. The number of hydrogen-bond donors (Lipinski definition) is 1. The Morgan fingerprint density at radius 2 is 1.94 bits per heavy atom. The first-order valence-corrected chi connectivity index (χ1v) is 6.96. The maximum absolute atomic E-state index is 12.0. The van der Waals surface area contributed by atoms with Gasteiger partial charge < -0.3 is 0 Å². The maximum Gasteiger partial charge on any atom is 0.244 e. The van der Waals surface area contributed by atoms with E-state index in [4.69, 9.17) is 0 Å². The fraction of sp³-hybridized carbons (Fsp3) is 0.700. The summed E-state index contributed by atoms with van der Waals surface area (Å²) in [6.07, 6.45) is 0.777. The van der Waals surface area contributed by atoms with E-state index in [0.29, 0.717) is 29.4 Å². The Hall–Kier alpha value is -0.880. The van der Waals surface area contributed by atoms with Gasteiger partial charge in [0.2, 0.25) is 10.0 Å². The molecule has 0 aliphatic rings. The van der Waals surface area contributed by atoms with Crippen LogP contribution in [0.4, 0.5) is 0 Å². The van der Waals surface area contributed by atoms with Crippen molar-refractivity contribution >= 4 is 10.0 Å². The van der Waals surface area contributed by atoms with Gasteiger partial charge in [-0.2, -0.15) is 5.10 Å². The summed E-state index contributed by atoms with van der Waals surface area (Å²) in [4.78, 5) is 0.322. The molecule has 1 N–H and O–H groups in total. The van der Waals surface area contributed by atoms with E-state index in [9.17, 15) is 8.42 Å². The van der Waals surface area contributed by atoms with Crippen molar-refractivity contribution in [3.8, 4) is 0 Å². The summed E-state index contributed by atoms with van der Waals surface area (Å²) in [7, 11) is -3.41. The number of nitrogens with zero attached hydrogens (tertiary/aromatic N) is 2. The Labute approximate surface area is 96.9 Å². The van der Waals surface area contributed by atoms with E-state index in [1.54, 1.807) is 18.5 Å². The number of sulfonamides is 1. The third kappa shape index (κ3) is 2.44. The van der Waals surface area contributed by atoms with Gasteiger partial charge >= 0.3 is 0 Å². The lowest BCUT2D eigenvalue weighted by molar-refractivity contribution is 0.578. The molecular formula is C10H19N3O2S. The van der Waals surface area contributed by atoms with E-state index in [2.05, 4.69) is 9.82 Å². The van der Waals surface area contributed by atoms with E-state index in [1.165, 1.54) is 0 Å². The van der Waals surface area contributed by atoms with E-state index >= 15 is 0 Å². The van der Waals surface area contributed by atoms with Gasteiger partial charge in [-0.15, -0.1) is 0 Å². The third-order valence-electron chi connectivity index (χ3n) is 2.43. The molecule has 0 fully saturated rings. The topological polar surface area (TPSA) is 64.0 Å². The standard InChI is InChI=1S/C10H19N3O2S/c1-5-7-11-16(14,15)10-8(3)12-13(6-2)9(10)4/h11H,5-7H2,1-4H3. The Morgan fingerprint density at radius 1 is 1.31 bits per heavy atom. The minimum atomic E-state index is -3.41. The Morgan fingerprint density at radius 3 is 2.38 bits per heavy atom. The zero-order valence-electron chi connectivity index (χ0n) is 10.2. The molecule has 0 aliphatic heterocycles. The van der Waals surface area contributed by atoms with Crippen LogP contribution in [0.15, 0.2) is 4.90 Å². The molecule has 0 bridgehead atoms. The molecule has 16 heavy (non-hydrogen) atoms. The SMILES string of the molecule is CCCNS(=O)(=O)c1c(C)nn(CC)c1C. The molecule has 0 aromatic carbocycles. The molecule has 0 unspecified atom stereocenters. The number of rotatable bonds is 5. The normalized spacial score (nSPS) is 12.0. The van der Waals surface area contributed by atoms with Crippen LogP contribution < -0.4 is 4.72 Å². The zero-order chi connectivity index (χ0) is 12.3. The first-order valence-electron chi connectivity index (χ1n) is 5.47. The van der Waals surface area contributed by atoms with Gasteiger partial charge in [0.1, 0.15) is 4.90 Å². The summed E-state index contributed by atoms with van der Waals surface area (Å²) < 4.78 is 28.3. The van der Waals surface area contributed by atoms with Crippen LogP contribution in [-0.4, -0.2) is 24.7 Å². The number of aromatic nitrogens is 2. The molecule has 1 rings (SSSR count). The van der Waals surface area contributed by atoms with Crippen LogP contribution in [0.25, 0.3) is 0 Å². The molecule has 6 heteroatoms. The van der Waals surface area contributed by atoms with Gasteiger partial charge in [0.05, 0.1) is 11.4 Å². The molecular weight excluding hydrogens is 226 g/mol. The van der Waals surface area contributed by atoms with E-state index in [-0.39, 0.29) is 0 Å². The van der Waals surface area contributed by atoms with Crippen LogP contribution in [0, 0.1) is 13.8 Å². The average Bonchev–Trinajstić information content (AvgIpc) is 2.51. The highest BCUT2D eigenvalue weighted by Crippen LogP contribution is 2.18. The van der Waals surface area contributed by atoms with Gasteiger partial charge in [-0.05, 0) is 27.2 Å². The van der Waals surface area contributed by atoms with Crippen LogP contribution in [-0.2, 0) is 16.6 Å². The summed E-state index contributed by atoms with van der Waals surface area (Å²) in [6, 6.07) is 0. The van der Waals surface area contributed by atoms with Gasteiger partial charge in [0.25, 0.3) is 0 Å². The second-order valence-electron chi connectivity index (χ2n) is 3.71. The summed E-state index contributed by atoms with van der Waals surface area (Å²) >= 11 is 0. The van der Waals surface area contributed by atoms with Crippen molar-refractivity contribution in [2.24, 2.45) is 0 Å². The van der Waals surface area contributed by atoms with E-state index in [1.807, 2.05) is 13.8 Å². The van der Waals surface area contributed by atoms with Crippen LogP contribution in [0.1, 0.15) is 31.7 Å².